The van der Waals surface area contributed by atoms with Crippen molar-refractivity contribution in [1.82, 2.24) is 20.4 Å². The highest BCUT2D eigenvalue weighted by atomic mass is 16.2. The van der Waals surface area contributed by atoms with Crippen molar-refractivity contribution in [2.45, 2.75) is 40.2 Å². The molecule has 1 aliphatic heterocycles. The van der Waals surface area contributed by atoms with Crippen molar-refractivity contribution in [2.24, 2.45) is 5.41 Å². The fourth-order valence-electron chi connectivity index (χ4n) is 2.61. The maximum absolute atomic E-state index is 12.0. The zero-order chi connectivity index (χ0) is 13.9. The molecule has 19 heavy (non-hydrogen) atoms. The SMILES string of the molecule is Cc1cc(C)n(CC(=O)NCC2(C)CCCNC2)n1. The van der Waals surface area contributed by atoms with Gasteiger partial charge in [0.25, 0.3) is 0 Å². The lowest BCUT2D eigenvalue weighted by Gasteiger charge is -2.34. The number of aryl methyl sites for hydroxylation is 2. The molecule has 5 heteroatoms. The number of piperidine rings is 1. The summed E-state index contributed by atoms with van der Waals surface area (Å²) in [6.45, 7) is 9.25. The molecule has 5 nitrogen and oxygen atoms in total. The van der Waals surface area contributed by atoms with E-state index < -0.39 is 0 Å². The number of hydrogen-bond acceptors (Lipinski definition) is 3. The molecule has 0 aromatic carbocycles. The first-order valence-electron chi connectivity index (χ1n) is 6.97. The van der Waals surface area contributed by atoms with Crippen LogP contribution in [0.5, 0.6) is 0 Å². The first kappa shape index (κ1) is 14.1. The van der Waals surface area contributed by atoms with E-state index in [-0.39, 0.29) is 11.3 Å². The van der Waals surface area contributed by atoms with Gasteiger partial charge in [0, 0.05) is 18.8 Å². The van der Waals surface area contributed by atoms with Gasteiger partial charge in [0.05, 0.1) is 5.69 Å². The lowest BCUT2D eigenvalue weighted by Crippen LogP contribution is -2.46. The molecule has 0 aliphatic carbocycles. The van der Waals surface area contributed by atoms with E-state index in [9.17, 15) is 4.79 Å². The van der Waals surface area contributed by atoms with Gasteiger partial charge in [-0.25, -0.2) is 0 Å². The van der Waals surface area contributed by atoms with E-state index in [1.165, 1.54) is 12.8 Å². The van der Waals surface area contributed by atoms with E-state index >= 15 is 0 Å². The molecule has 2 rings (SSSR count). The highest BCUT2D eigenvalue weighted by Crippen LogP contribution is 2.24. The van der Waals surface area contributed by atoms with Crippen LogP contribution >= 0.6 is 0 Å². The molecule has 1 unspecified atom stereocenters. The monoisotopic (exact) mass is 264 g/mol. The molecule has 1 saturated heterocycles. The number of aromatic nitrogens is 2. The number of hydrogen-bond donors (Lipinski definition) is 2. The Labute approximate surface area is 114 Å². The normalized spacial score (nSPS) is 23.3. The number of amides is 1. The number of nitrogens with one attached hydrogen (secondary N) is 2. The maximum atomic E-state index is 12.0. The van der Waals surface area contributed by atoms with Crippen LogP contribution in [-0.4, -0.2) is 35.3 Å². The Morgan fingerprint density at radius 1 is 1.58 bits per heavy atom. The largest absolute Gasteiger partial charge is 0.354 e. The van der Waals surface area contributed by atoms with Crippen LogP contribution in [0.15, 0.2) is 6.07 Å². The summed E-state index contributed by atoms with van der Waals surface area (Å²) < 4.78 is 1.76. The topological polar surface area (TPSA) is 59.0 Å². The van der Waals surface area contributed by atoms with Crippen LogP contribution in [0.2, 0.25) is 0 Å². The molecule has 1 aliphatic rings. The summed E-state index contributed by atoms with van der Waals surface area (Å²) >= 11 is 0. The number of carbonyl (C=O) groups is 1. The molecule has 0 saturated carbocycles. The number of nitrogens with zero attached hydrogens (tertiary/aromatic N) is 2. The van der Waals surface area contributed by atoms with Crippen molar-refractivity contribution in [2.75, 3.05) is 19.6 Å². The third kappa shape index (κ3) is 3.80. The van der Waals surface area contributed by atoms with Gasteiger partial charge in [-0.3, -0.25) is 9.48 Å². The smallest absolute Gasteiger partial charge is 0.241 e. The van der Waals surface area contributed by atoms with E-state index in [0.717, 1.165) is 31.0 Å². The fourth-order valence-corrected chi connectivity index (χ4v) is 2.61. The predicted molar refractivity (Wildman–Crippen MR) is 74.9 cm³/mol. The van der Waals surface area contributed by atoms with Crippen molar-refractivity contribution >= 4 is 5.91 Å². The van der Waals surface area contributed by atoms with Crippen LogP contribution in [0, 0.1) is 19.3 Å². The first-order chi connectivity index (χ1) is 8.98. The molecule has 1 aromatic heterocycles. The molecule has 106 valence electrons. The molecular weight excluding hydrogens is 240 g/mol. The van der Waals surface area contributed by atoms with Gasteiger partial charge in [0.15, 0.2) is 0 Å². The van der Waals surface area contributed by atoms with Gasteiger partial charge in [0.1, 0.15) is 6.54 Å². The van der Waals surface area contributed by atoms with Crippen molar-refractivity contribution in [3.05, 3.63) is 17.5 Å². The Balaban J connectivity index is 1.83. The zero-order valence-electron chi connectivity index (χ0n) is 12.1. The quantitative estimate of drug-likeness (QED) is 0.853. The van der Waals surface area contributed by atoms with E-state index in [4.69, 9.17) is 0 Å². The van der Waals surface area contributed by atoms with Crippen LogP contribution in [0.4, 0.5) is 0 Å². The summed E-state index contributed by atoms with van der Waals surface area (Å²) in [6, 6.07) is 1.99. The molecule has 0 spiro atoms. The fraction of sp³-hybridized carbons (Fsp3) is 0.714. The summed E-state index contributed by atoms with van der Waals surface area (Å²) in [6.07, 6.45) is 2.35. The van der Waals surface area contributed by atoms with Gasteiger partial charge >= 0.3 is 0 Å². The van der Waals surface area contributed by atoms with Gasteiger partial charge in [-0.05, 0) is 44.7 Å². The second kappa shape index (κ2) is 5.74. The minimum absolute atomic E-state index is 0.0398. The summed E-state index contributed by atoms with van der Waals surface area (Å²) in [7, 11) is 0. The standard InChI is InChI=1S/C14H24N4O/c1-11-7-12(2)18(17-11)8-13(19)16-10-14(3)5-4-6-15-9-14/h7,15H,4-6,8-10H2,1-3H3,(H,16,19). The third-order valence-electron chi connectivity index (χ3n) is 3.79. The molecule has 2 heterocycles. The lowest BCUT2D eigenvalue weighted by atomic mass is 9.83. The maximum Gasteiger partial charge on any atom is 0.241 e. The van der Waals surface area contributed by atoms with Crippen LogP contribution < -0.4 is 10.6 Å². The van der Waals surface area contributed by atoms with Crippen molar-refractivity contribution < 1.29 is 4.79 Å². The van der Waals surface area contributed by atoms with Crippen molar-refractivity contribution in [3.63, 3.8) is 0 Å². The molecule has 1 aromatic rings. The molecule has 2 N–H and O–H groups in total. The summed E-state index contributed by atoms with van der Waals surface area (Å²) in [5, 5.41) is 10.7. The number of rotatable bonds is 4. The van der Waals surface area contributed by atoms with Gasteiger partial charge < -0.3 is 10.6 Å². The Hall–Kier alpha value is -1.36. The van der Waals surface area contributed by atoms with Crippen LogP contribution in [0.3, 0.4) is 0 Å². The van der Waals surface area contributed by atoms with Gasteiger partial charge in [-0.15, -0.1) is 0 Å². The molecule has 0 radical (unpaired) electrons. The van der Waals surface area contributed by atoms with Gasteiger partial charge in [-0.1, -0.05) is 6.92 Å². The predicted octanol–water partition coefficient (Wildman–Crippen LogP) is 1.01. The highest BCUT2D eigenvalue weighted by Gasteiger charge is 2.27. The third-order valence-corrected chi connectivity index (χ3v) is 3.79. The second-order valence-corrected chi connectivity index (χ2v) is 5.95. The molecular formula is C14H24N4O. The minimum Gasteiger partial charge on any atom is -0.354 e. The highest BCUT2D eigenvalue weighted by molar-refractivity contribution is 5.75. The van der Waals surface area contributed by atoms with Gasteiger partial charge in [-0.2, -0.15) is 5.10 Å². The van der Waals surface area contributed by atoms with E-state index in [1.807, 2.05) is 19.9 Å². The Kier molecular flexibility index (Phi) is 4.24. The number of carbonyl (C=O) groups excluding carboxylic acids is 1. The van der Waals surface area contributed by atoms with Crippen molar-refractivity contribution in [3.8, 4) is 0 Å². The molecule has 1 amide bonds. The first-order valence-corrected chi connectivity index (χ1v) is 6.97. The second-order valence-electron chi connectivity index (χ2n) is 5.95. The zero-order valence-corrected chi connectivity index (χ0v) is 12.1. The van der Waals surface area contributed by atoms with Gasteiger partial charge in [0.2, 0.25) is 5.91 Å². The van der Waals surface area contributed by atoms with E-state index in [2.05, 4.69) is 22.7 Å². The van der Waals surface area contributed by atoms with Crippen LogP contribution in [0.25, 0.3) is 0 Å². The summed E-state index contributed by atoms with van der Waals surface area (Å²) in [5.41, 5.74) is 2.16. The summed E-state index contributed by atoms with van der Waals surface area (Å²) in [4.78, 5) is 12.0. The van der Waals surface area contributed by atoms with E-state index in [0.29, 0.717) is 6.54 Å². The molecule has 0 bridgehead atoms. The van der Waals surface area contributed by atoms with Crippen LogP contribution in [0.1, 0.15) is 31.2 Å². The molecule has 1 atom stereocenters. The Morgan fingerprint density at radius 3 is 2.95 bits per heavy atom. The average molecular weight is 264 g/mol. The summed E-state index contributed by atoms with van der Waals surface area (Å²) in [5.74, 6) is 0.0398. The average Bonchev–Trinajstić information content (AvgIpc) is 2.66. The Bertz CT molecular complexity index is 446. The molecule has 1 fully saturated rings. The van der Waals surface area contributed by atoms with Crippen LogP contribution in [-0.2, 0) is 11.3 Å². The lowest BCUT2D eigenvalue weighted by molar-refractivity contribution is -0.122. The minimum atomic E-state index is 0.0398. The Morgan fingerprint density at radius 2 is 2.37 bits per heavy atom. The van der Waals surface area contributed by atoms with E-state index in [1.54, 1.807) is 4.68 Å². The van der Waals surface area contributed by atoms with Crippen molar-refractivity contribution in [1.29, 1.82) is 0 Å².